The maximum absolute atomic E-state index is 5.58. The van der Waals surface area contributed by atoms with Gasteiger partial charge in [-0.15, -0.1) is 0 Å². The topological polar surface area (TPSA) is 56.7 Å². The largest absolute Gasteiger partial charge is 0.330 e. The van der Waals surface area contributed by atoms with Gasteiger partial charge in [0.1, 0.15) is 11.3 Å². The van der Waals surface area contributed by atoms with Crippen LogP contribution >= 0.6 is 0 Å². The minimum atomic E-state index is 0.660. The third kappa shape index (κ3) is 2.70. The van der Waals surface area contributed by atoms with Gasteiger partial charge in [-0.1, -0.05) is 6.92 Å². The van der Waals surface area contributed by atoms with Crippen molar-refractivity contribution in [3.63, 3.8) is 0 Å². The summed E-state index contributed by atoms with van der Waals surface area (Å²) in [6.07, 6.45) is 5.06. The summed E-state index contributed by atoms with van der Waals surface area (Å²) in [4.78, 5) is 9.10. The normalized spacial score (nSPS) is 13.1. The molecule has 4 heteroatoms. The second kappa shape index (κ2) is 5.96. The number of nitrogens with two attached hydrogens (primary N) is 1. The van der Waals surface area contributed by atoms with Crippen molar-refractivity contribution in [2.75, 3.05) is 6.54 Å². The highest BCUT2D eigenvalue weighted by Crippen LogP contribution is 2.17. The van der Waals surface area contributed by atoms with Gasteiger partial charge in [-0.25, -0.2) is 9.97 Å². The average Bonchev–Trinajstić information content (AvgIpc) is 2.74. The van der Waals surface area contributed by atoms with Gasteiger partial charge in [-0.3, -0.25) is 0 Å². The SMILES string of the molecule is CCn1c(CCC(C)CCN)nc2cccnc21. The molecular formula is C14H22N4. The number of hydrogen-bond donors (Lipinski definition) is 1. The van der Waals surface area contributed by atoms with Crippen LogP contribution in [0, 0.1) is 5.92 Å². The van der Waals surface area contributed by atoms with Crippen LogP contribution in [0.15, 0.2) is 18.3 Å². The first-order valence-electron chi connectivity index (χ1n) is 6.76. The highest BCUT2D eigenvalue weighted by Gasteiger charge is 2.11. The summed E-state index contributed by atoms with van der Waals surface area (Å²) in [6.45, 7) is 6.09. The fourth-order valence-electron chi connectivity index (χ4n) is 2.33. The molecule has 0 aliphatic carbocycles. The Morgan fingerprint density at radius 1 is 1.39 bits per heavy atom. The fraction of sp³-hybridized carbons (Fsp3) is 0.571. The summed E-state index contributed by atoms with van der Waals surface area (Å²) in [5.74, 6) is 1.81. The Hall–Kier alpha value is -1.42. The van der Waals surface area contributed by atoms with E-state index in [1.54, 1.807) is 0 Å². The smallest absolute Gasteiger partial charge is 0.159 e. The molecule has 2 aromatic heterocycles. The molecule has 98 valence electrons. The number of imidazole rings is 1. The molecule has 0 bridgehead atoms. The van der Waals surface area contributed by atoms with Crippen molar-refractivity contribution < 1.29 is 0 Å². The van der Waals surface area contributed by atoms with Crippen LogP contribution in [0.25, 0.3) is 11.2 Å². The van der Waals surface area contributed by atoms with Crippen molar-refractivity contribution in [2.24, 2.45) is 11.7 Å². The van der Waals surface area contributed by atoms with E-state index < -0.39 is 0 Å². The Bertz CT molecular complexity index is 503. The van der Waals surface area contributed by atoms with Crippen LogP contribution in [-0.4, -0.2) is 21.1 Å². The molecule has 0 saturated carbocycles. The molecule has 18 heavy (non-hydrogen) atoms. The summed E-state index contributed by atoms with van der Waals surface area (Å²) < 4.78 is 2.21. The fourth-order valence-corrected chi connectivity index (χ4v) is 2.33. The maximum atomic E-state index is 5.58. The molecule has 0 aromatic carbocycles. The van der Waals surface area contributed by atoms with E-state index in [-0.39, 0.29) is 0 Å². The Morgan fingerprint density at radius 2 is 2.22 bits per heavy atom. The first-order valence-corrected chi connectivity index (χ1v) is 6.76. The van der Waals surface area contributed by atoms with Crippen molar-refractivity contribution in [1.82, 2.24) is 14.5 Å². The highest BCUT2D eigenvalue weighted by molar-refractivity contribution is 5.71. The van der Waals surface area contributed by atoms with Crippen LogP contribution in [0.1, 0.15) is 32.5 Å². The summed E-state index contributed by atoms with van der Waals surface area (Å²) >= 11 is 0. The summed E-state index contributed by atoms with van der Waals surface area (Å²) in [5.41, 5.74) is 7.59. The monoisotopic (exact) mass is 246 g/mol. The van der Waals surface area contributed by atoms with Crippen LogP contribution in [0.2, 0.25) is 0 Å². The zero-order valence-corrected chi connectivity index (χ0v) is 11.3. The third-order valence-electron chi connectivity index (χ3n) is 3.42. The molecule has 2 aromatic rings. The number of aromatic nitrogens is 3. The third-order valence-corrected chi connectivity index (χ3v) is 3.42. The summed E-state index contributed by atoms with van der Waals surface area (Å²) in [7, 11) is 0. The lowest BCUT2D eigenvalue weighted by Gasteiger charge is -2.10. The van der Waals surface area contributed by atoms with Crippen LogP contribution in [0.5, 0.6) is 0 Å². The molecule has 2 rings (SSSR count). The van der Waals surface area contributed by atoms with E-state index in [0.717, 1.165) is 49.3 Å². The van der Waals surface area contributed by atoms with Gasteiger partial charge in [0.2, 0.25) is 0 Å². The minimum absolute atomic E-state index is 0.660. The highest BCUT2D eigenvalue weighted by atomic mass is 15.1. The number of rotatable bonds is 6. The molecule has 0 radical (unpaired) electrons. The Morgan fingerprint density at radius 3 is 2.94 bits per heavy atom. The van der Waals surface area contributed by atoms with Gasteiger partial charge in [0, 0.05) is 19.2 Å². The lowest BCUT2D eigenvalue weighted by Crippen LogP contribution is -2.09. The molecule has 2 heterocycles. The molecule has 0 saturated heterocycles. The Labute approximate surface area is 108 Å². The predicted molar refractivity (Wildman–Crippen MR) is 74.4 cm³/mol. The van der Waals surface area contributed by atoms with E-state index in [1.807, 2.05) is 18.3 Å². The molecule has 2 N–H and O–H groups in total. The maximum Gasteiger partial charge on any atom is 0.159 e. The lowest BCUT2D eigenvalue weighted by atomic mass is 10.0. The number of fused-ring (bicyclic) bond motifs is 1. The van der Waals surface area contributed by atoms with Gasteiger partial charge in [0.15, 0.2) is 5.65 Å². The quantitative estimate of drug-likeness (QED) is 0.851. The molecular weight excluding hydrogens is 224 g/mol. The van der Waals surface area contributed by atoms with E-state index in [0.29, 0.717) is 5.92 Å². The molecule has 0 aliphatic rings. The van der Waals surface area contributed by atoms with Crippen molar-refractivity contribution in [2.45, 2.75) is 39.7 Å². The molecule has 0 amide bonds. The second-order valence-electron chi connectivity index (χ2n) is 4.84. The van der Waals surface area contributed by atoms with Gasteiger partial charge in [-0.2, -0.15) is 0 Å². The molecule has 0 fully saturated rings. The first kappa shape index (κ1) is 13.0. The summed E-state index contributed by atoms with van der Waals surface area (Å²) in [5, 5.41) is 0. The van der Waals surface area contributed by atoms with Crippen LogP contribution < -0.4 is 5.73 Å². The molecule has 0 spiro atoms. The van der Waals surface area contributed by atoms with Crippen LogP contribution in [-0.2, 0) is 13.0 Å². The van der Waals surface area contributed by atoms with Gasteiger partial charge >= 0.3 is 0 Å². The van der Waals surface area contributed by atoms with E-state index in [2.05, 4.69) is 28.4 Å². The minimum Gasteiger partial charge on any atom is -0.330 e. The number of nitrogens with zero attached hydrogens (tertiary/aromatic N) is 3. The van der Waals surface area contributed by atoms with Gasteiger partial charge in [-0.05, 0) is 44.4 Å². The van der Waals surface area contributed by atoms with Gasteiger partial charge < -0.3 is 10.3 Å². The van der Waals surface area contributed by atoms with E-state index in [4.69, 9.17) is 5.73 Å². The van der Waals surface area contributed by atoms with Gasteiger partial charge in [0.25, 0.3) is 0 Å². The number of aryl methyl sites for hydroxylation is 2. The van der Waals surface area contributed by atoms with E-state index in [9.17, 15) is 0 Å². The van der Waals surface area contributed by atoms with Crippen LogP contribution in [0.3, 0.4) is 0 Å². The second-order valence-corrected chi connectivity index (χ2v) is 4.84. The zero-order chi connectivity index (χ0) is 13.0. The van der Waals surface area contributed by atoms with E-state index >= 15 is 0 Å². The van der Waals surface area contributed by atoms with Crippen molar-refractivity contribution >= 4 is 11.2 Å². The Balaban J connectivity index is 2.17. The molecule has 1 unspecified atom stereocenters. The molecule has 4 nitrogen and oxygen atoms in total. The summed E-state index contributed by atoms with van der Waals surface area (Å²) in [6, 6.07) is 3.97. The zero-order valence-electron chi connectivity index (χ0n) is 11.3. The number of pyridine rings is 1. The van der Waals surface area contributed by atoms with E-state index in [1.165, 1.54) is 0 Å². The predicted octanol–water partition coefficient (Wildman–Crippen LogP) is 2.37. The van der Waals surface area contributed by atoms with Crippen molar-refractivity contribution in [1.29, 1.82) is 0 Å². The lowest BCUT2D eigenvalue weighted by molar-refractivity contribution is 0.487. The van der Waals surface area contributed by atoms with Crippen LogP contribution in [0.4, 0.5) is 0 Å². The standard InChI is InChI=1S/C14H22N4/c1-3-18-13(7-6-11(2)8-9-15)17-12-5-4-10-16-14(12)18/h4-5,10-11H,3,6-9,15H2,1-2H3. The van der Waals surface area contributed by atoms with Crippen molar-refractivity contribution in [3.05, 3.63) is 24.2 Å². The average molecular weight is 246 g/mol. The molecule has 0 aliphatic heterocycles. The Kier molecular flexibility index (Phi) is 4.31. The molecule has 1 atom stereocenters. The number of hydrogen-bond acceptors (Lipinski definition) is 3. The first-order chi connectivity index (χ1) is 8.76. The van der Waals surface area contributed by atoms with Crippen molar-refractivity contribution in [3.8, 4) is 0 Å². The van der Waals surface area contributed by atoms with Gasteiger partial charge in [0.05, 0.1) is 0 Å².